The molecular formula is C18H22F3NO5. The van der Waals surface area contributed by atoms with Gasteiger partial charge in [0.25, 0.3) is 0 Å². The molecule has 0 saturated heterocycles. The molecule has 1 aromatic rings. The highest BCUT2D eigenvalue weighted by atomic mass is 19.4. The summed E-state index contributed by atoms with van der Waals surface area (Å²) in [5.41, 5.74) is -3.42. The molecule has 9 heteroatoms. The molecule has 0 bridgehead atoms. The number of halogens is 3. The predicted octanol–water partition coefficient (Wildman–Crippen LogP) is 3.38. The Bertz CT molecular complexity index is 752. The van der Waals surface area contributed by atoms with Gasteiger partial charge in [-0.3, -0.25) is 14.4 Å². The highest BCUT2D eigenvalue weighted by molar-refractivity contribution is 6.10. The second kappa shape index (κ2) is 7.58. The van der Waals surface area contributed by atoms with E-state index in [1.165, 1.54) is 26.2 Å². The number of carbonyl (C=O) groups excluding carboxylic acids is 3. The molecule has 0 radical (unpaired) electrons. The van der Waals surface area contributed by atoms with Crippen LogP contribution in [0, 0.1) is 0 Å². The van der Waals surface area contributed by atoms with Crippen LogP contribution in [0.25, 0.3) is 0 Å². The number of nitrogens with one attached hydrogen (secondary N) is 1. The minimum atomic E-state index is -5.14. The van der Waals surface area contributed by atoms with Gasteiger partial charge >= 0.3 is 18.1 Å². The second-order valence-electron chi connectivity index (χ2n) is 7.05. The molecule has 1 amide bonds. The molecule has 0 aliphatic rings. The van der Waals surface area contributed by atoms with Crippen molar-refractivity contribution in [2.45, 2.75) is 51.8 Å². The fraction of sp³-hybridized carbons (Fsp3) is 0.500. The molecule has 1 N–H and O–H groups in total. The fourth-order valence-electron chi connectivity index (χ4n) is 2.19. The van der Waals surface area contributed by atoms with Crippen LogP contribution in [0.2, 0.25) is 0 Å². The smallest absolute Gasteiger partial charge is 0.471 e. The first-order chi connectivity index (χ1) is 12.1. The molecule has 1 rings (SSSR count). The van der Waals surface area contributed by atoms with E-state index < -0.39 is 34.9 Å². The summed E-state index contributed by atoms with van der Waals surface area (Å²) in [6.07, 6.45) is -5.14. The van der Waals surface area contributed by atoms with E-state index in [1.807, 2.05) is 0 Å². The summed E-state index contributed by atoms with van der Waals surface area (Å²) in [4.78, 5) is 36.5. The Morgan fingerprint density at radius 2 is 1.59 bits per heavy atom. The molecule has 0 aliphatic heterocycles. The summed E-state index contributed by atoms with van der Waals surface area (Å²) in [6.45, 7) is 7.09. The molecule has 0 unspecified atom stereocenters. The van der Waals surface area contributed by atoms with Crippen molar-refractivity contribution in [1.82, 2.24) is 0 Å². The van der Waals surface area contributed by atoms with E-state index in [2.05, 4.69) is 0 Å². The Balaban J connectivity index is 3.58. The third-order valence-corrected chi connectivity index (χ3v) is 3.78. The van der Waals surface area contributed by atoms with Crippen LogP contribution in [-0.4, -0.2) is 36.5 Å². The summed E-state index contributed by atoms with van der Waals surface area (Å²) in [5.74, 6) is -3.68. The first-order valence-corrected chi connectivity index (χ1v) is 7.94. The van der Waals surface area contributed by atoms with Crippen LogP contribution in [0.1, 0.15) is 40.2 Å². The van der Waals surface area contributed by atoms with Crippen molar-refractivity contribution in [2.75, 3.05) is 12.4 Å². The molecule has 150 valence electrons. The zero-order chi connectivity index (χ0) is 21.2. The first kappa shape index (κ1) is 22.5. The molecule has 0 spiro atoms. The summed E-state index contributed by atoms with van der Waals surface area (Å²) in [7, 11) is 1.31. The average molecular weight is 389 g/mol. The number of hydrogen-bond donors (Lipinski definition) is 1. The molecule has 1 aromatic carbocycles. The molecular weight excluding hydrogens is 367 g/mol. The maximum absolute atomic E-state index is 12.7. The summed E-state index contributed by atoms with van der Waals surface area (Å²) in [5, 5.41) is 1.70. The van der Waals surface area contributed by atoms with E-state index in [0.29, 0.717) is 0 Å². The maximum atomic E-state index is 12.7. The number of carbonyl (C=O) groups is 3. The third-order valence-electron chi connectivity index (χ3n) is 3.78. The molecule has 0 heterocycles. The van der Waals surface area contributed by atoms with Crippen molar-refractivity contribution in [3.63, 3.8) is 0 Å². The van der Waals surface area contributed by atoms with Gasteiger partial charge in [-0.1, -0.05) is 0 Å². The van der Waals surface area contributed by atoms with Crippen molar-refractivity contribution < 1.29 is 37.0 Å². The zero-order valence-electron chi connectivity index (χ0n) is 15.9. The van der Waals surface area contributed by atoms with Gasteiger partial charge in [-0.05, 0) is 52.8 Å². The van der Waals surface area contributed by atoms with Crippen LogP contribution in [0.4, 0.5) is 18.9 Å². The van der Waals surface area contributed by atoms with E-state index >= 15 is 0 Å². The lowest BCUT2D eigenvalue weighted by Gasteiger charge is -2.31. The zero-order valence-corrected chi connectivity index (χ0v) is 15.9. The summed E-state index contributed by atoms with van der Waals surface area (Å²) >= 11 is 0. The van der Waals surface area contributed by atoms with E-state index in [0.717, 1.165) is 13.0 Å². The van der Waals surface area contributed by atoms with E-state index in [9.17, 15) is 27.6 Å². The normalized spacial score (nSPS) is 14.1. The quantitative estimate of drug-likeness (QED) is 0.617. The number of anilines is 1. The minimum absolute atomic E-state index is 0.166. The Kier molecular flexibility index (Phi) is 6.30. The minimum Gasteiger partial charge on any atom is -0.497 e. The van der Waals surface area contributed by atoms with Gasteiger partial charge in [0.1, 0.15) is 16.8 Å². The van der Waals surface area contributed by atoms with E-state index in [4.69, 9.17) is 9.47 Å². The number of alkyl halides is 3. The highest BCUT2D eigenvalue weighted by Crippen LogP contribution is 2.37. The van der Waals surface area contributed by atoms with Crippen LogP contribution in [0.5, 0.6) is 5.75 Å². The van der Waals surface area contributed by atoms with Crippen molar-refractivity contribution in [3.8, 4) is 5.75 Å². The van der Waals surface area contributed by atoms with E-state index in [1.54, 1.807) is 26.1 Å². The molecule has 0 saturated carbocycles. The third kappa shape index (κ3) is 5.21. The van der Waals surface area contributed by atoms with Gasteiger partial charge in [-0.15, -0.1) is 0 Å². The Morgan fingerprint density at radius 1 is 1.04 bits per heavy atom. The number of hydrogen-bond acceptors (Lipinski definition) is 5. The first-order valence-electron chi connectivity index (χ1n) is 7.94. The second-order valence-corrected chi connectivity index (χ2v) is 7.05. The van der Waals surface area contributed by atoms with Crippen molar-refractivity contribution in [2.24, 2.45) is 0 Å². The van der Waals surface area contributed by atoms with Gasteiger partial charge in [0.05, 0.1) is 7.11 Å². The fourth-order valence-corrected chi connectivity index (χ4v) is 2.19. The van der Waals surface area contributed by atoms with Crippen molar-refractivity contribution in [1.29, 1.82) is 0 Å². The summed E-state index contributed by atoms with van der Waals surface area (Å²) < 4.78 is 48.3. The Hall–Kier alpha value is -2.58. The molecule has 1 atom stereocenters. The largest absolute Gasteiger partial charge is 0.497 e. The van der Waals surface area contributed by atoms with Crippen LogP contribution in [0.3, 0.4) is 0 Å². The molecule has 6 nitrogen and oxygen atoms in total. The van der Waals surface area contributed by atoms with Gasteiger partial charge in [-0.25, -0.2) is 0 Å². The molecule has 27 heavy (non-hydrogen) atoms. The number of amides is 1. The number of rotatable bonds is 5. The monoisotopic (exact) mass is 389 g/mol. The van der Waals surface area contributed by atoms with Crippen molar-refractivity contribution >= 4 is 23.3 Å². The van der Waals surface area contributed by atoms with Crippen molar-refractivity contribution in [3.05, 3.63) is 23.8 Å². The average Bonchev–Trinajstić information content (AvgIpc) is 2.51. The SMILES string of the molecule is COc1ccc(NC(=O)C(F)(F)F)c([C@@](C)(C(C)=O)C(=O)OC(C)(C)C)c1. The lowest BCUT2D eigenvalue weighted by molar-refractivity contribution is -0.167. The van der Waals surface area contributed by atoms with Crippen LogP contribution < -0.4 is 10.1 Å². The van der Waals surface area contributed by atoms with Gasteiger partial charge in [0.2, 0.25) is 0 Å². The number of methoxy groups -OCH3 is 1. The Morgan fingerprint density at radius 3 is 2.00 bits per heavy atom. The number of benzene rings is 1. The standard InChI is InChI=1S/C18H22F3NO5/c1-10(23)17(5,15(25)27-16(2,3)4)12-9-11(26-6)7-8-13(12)22-14(24)18(19,20)21/h7-9H,1-6H3,(H,22,24)/t17-/m1/s1. The number of ether oxygens (including phenoxy) is 2. The number of ketones is 1. The summed E-state index contributed by atoms with van der Waals surface area (Å²) in [6, 6.07) is 3.64. The van der Waals surface area contributed by atoms with Crippen LogP contribution in [0.15, 0.2) is 18.2 Å². The van der Waals surface area contributed by atoms with Crippen LogP contribution >= 0.6 is 0 Å². The van der Waals surface area contributed by atoms with E-state index in [-0.39, 0.29) is 17.0 Å². The molecule has 0 aromatic heterocycles. The van der Waals surface area contributed by atoms with Gasteiger partial charge in [0, 0.05) is 11.3 Å². The molecule has 0 aliphatic carbocycles. The van der Waals surface area contributed by atoms with Crippen LogP contribution in [-0.2, 0) is 24.5 Å². The topological polar surface area (TPSA) is 81.7 Å². The highest BCUT2D eigenvalue weighted by Gasteiger charge is 2.46. The predicted molar refractivity (Wildman–Crippen MR) is 91.6 cm³/mol. The van der Waals surface area contributed by atoms with Gasteiger partial charge in [0.15, 0.2) is 5.78 Å². The maximum Gasteiger partial charge on any atom is 0.471 e. The number of esters is 1. The Labute approximate surface area is 155 Å². The lowest BCUT2D eigenvalue weighted by Crippen LogP contribution is -2.45. The lowest BCUT2D eigenvalue weighted by atomic mass is 9.77. The van der Waals surface area contributed by atoms with Gasteiger partial charge in [-0.2, -0.15) is 13.2 Å². The number of Topliss-reactive ketones (excluding diaryl/α,β-unsaturated/α-hetero) is 1. The molecule has 0 fully saturated rings. The van der Waals surface area contributed by atoms with Gasteiger partial charge < -0.3 is 14.8 Å².